The van der Waals surface area contributed by atoms with Gasteiger partial charge >= 0.3 is 6.09 Å². The number of hydrogen-bond acceptors (Lipinski definition) is 11. The fraction of sp³-hybridized carbons (Fsp3) is 0.417. The second kappa shape index (κ2) is 8.87. The normalized spacial score (nSPS) is 27.2. The predicted octanol–water partition coefficient (Wildman–Crippen LogP) is 0.146. The van der Waals surface area contributed by atoms with Crippen molar-refractivity contribution in [3.05, 3.63) is 45.9 Å². The van der Waals surface area contributed by atoms with E-state index in [0.717, 1.165) is 5.06 Å². The molecule has 0 aliphatic heterocycles. The molecule has 0 heterocycles. The Labute approximate surface area is 211 Å². The number of nitrogens with zero attached hydrogens (tertiary/aromatic N) is 2. The van der Waals surface area contributed by atoms with Gasteiger partial charge in [-0.05, 0) is 44.5 Å². The van der Waals surface area contributed by atoms with E-state index in [2.05, 4.69) is 5.32 Å². The summed E-state index contributed by atoms with van der Waals surface area (Å²) in [4.78, 5) is 57.2. The highest BCUT2D eigenvalue weighted by atomic mass is 16.7. The van der Waals surface area contributed by atoms with Crippen molar-refractivity contribution in [1.82, 2.24) is 9.96 Å². The highest BCUT2D eigenvalue weighted by Gasteiger charge is 2.63. The number of nitrogens with one attached hydrogen (secondary N) is 1. The zero-order valence-electron chi connectivity index (χ0n) is 20.6. The number of allylic oxidation sites excluding steroid dienone is 1. The van der Waals surface area contributed by atoms with Gasteiger partial charge in [0.2, 0.25) is 5.78 Å². The number of carbonyl (C=O) groups excluding carboxylic acids is 4. The first-order valence-electron chi connectivity index (χ1n) is 11.4. The molecule has 2 amide bonds. The van der Waals surface area contributed by atoms with Crippen molar-refractivity contribution in [2.24, 2.45) is 17.6 Å². The van der Waals surface area contributed by atoms with Gasteiger partial charge < -0.3 is 31.0 Å². The molecule has 0 spiro atoms. The lowest BCUT2D eigenvalue weighted by molar-refractivity contribution is -0.148. The smallest absolute Gasteiger partial charge is 0.430 e. The maximum Gasteiger partial charge on any atom is 0.430 e. The van der Waals surface area contributed by atoms with Gasteiger partial charge in [0.15, 0.2) is 17.1 Å². The minimum Gasteiger partial charge on any atom is -0.510 e. The van der Waals surface area contributed by atoms with E-state index in [-0.39, 0.29) is 29.7 Å². The molecule has 37 heavy (non-hydrogen) atoms. The molecule has 0 radical (unpaired) electrons. The summed E-state index contributed by atoms with van der Waals surface area (Å²) in [6.07, 6.45) is -0.793. The average Bonchev–Trinajstić information content (AvgIpc) is 2.77. The van der Waals surface area contributed by atoms with Crippen LogP contribution in [-0.4, -0.2) is 93.8 Å². The van der Waals surface area contributed by atoms with E-state index in [9.17, 15) is 39.6 Å². The van der Waals surface area contributed by atoms with Crippen LogP contribution in [0, 0.1) is 11.8 Å². The number of primary amides is 1. The highest BCUT2D eigenvalue weighted by Crippen LogP contribution is 2.52. The van der Waals surface area contributed by atoms with Crippen LogP contribution in [0.15, 0.2) is 34.8 Å². The van der Waals surface area contributed by atoms with Crippen LogP contribution in [0.4, 0.5) is 10.5 Å². The third-order valence-corrected chi connectivity index (χ3v) is 7.10. The van der Waals surface area contributed by atoms with E-state index in [0.29, 0.717) is 5.56 Å². The number of fused-ring (bicyclic) bond motifs is 3. The minimum absolute atomic E-state index is 0.0122. The largest absolute Gasteiger partial charge is 0.510 e. The second-order valence-electron chi connectivity index (χ2n) is 9.78. The fourth-order valence-corrected chi connectivity index (χ4v) is 5.62. The number of phenolic OH excluding ortho intramolecular Hbond substituents is 1. The monoisotopic (exact) mass is 516 g/mol. The third kappa shape index (κ3) is 3.82. The number of amides is 2. The molecule has 0 saturated carbocycles. The third-order valence-electron chi connectivity index (χ3n) is 7.10. The molecule has 4 unspecified atom stereocenters. The van der Waals surface area contributed by atoms with Crippen LogP contribution in [0.2, 0.25) is 0 Å². The standard InChI is InChI=1S/C24H28N4O9/c1-27(2)16-11-8-10-7-9-5-6-12(26-23(35)37-28(3)4)17(29)13(9)18(30)14(10)20(32)24(11,36)21(33)15(19(16)31)22(25)34/h5-6,10-11,16,29,31-32,36H,7-8H2,1-4H3,(H2,25,34)(H,26,35). The van der Waals surface area contributed by atoms with E-state index < -0.39 is 69.9 Å². The molecule has 198 valence electrons. The van der Waals surface area contributed by atoms with Gasteiger partial charge in [-0.15, -0.1) is 5.06 Å². The van der Waals surface area contributed by atoms with E-state index in [1.807, 2.05) is 0 Å². The highest BCUT2D eigenvalue weighted by molar-refractivity contribution is 6.24. The fourth-order valence-electron chi connectivity index (χ4n) is 5.62. The number of ketones is 2. The van der Waals surface area contributed by atoms with Gasteiger partial charge in [-0.1, -0.05) is 6.07 Å². The molecule has 3 aliphatic rings. The summed E-state index contributed by atoms with van der Waals surface area (Å²) < 4.78 is 0. The van der Waals surface area contributed by atoms with E-state index in [1.165, 1.54) is 31.1 Å². The molecule has 0 saturated heterocycles. The summed E-state index contributed by atoms with van der Waals surface area (Å²) in [6, 6.07) is 1.87. The minimum atomic E-state index is -2.72. The summed E-state index contributed by atoms with van der Waals surface area (Å²) >= 11 is 0. The number of aliphatic hydroxyl groups is 3. The summed E-state index contributed by atoms with van der Waals surface area (Å²) in [5, 5.41) is 47.8. The molecule has 7 N–H and O–H groups in total. The molecule has 13 heteroatoms. The van der Waals surface area contributed by atoms with Crippen molar-refractivity contribution in [3.63, 3.8) is 0 Å². The Morgan fingerprint density at radius 1 is 1.14 bits per heavy atom. The molecule has 3 aliphatic carbocycles. The average molecular weight is 517 g/mol. The lowest BCUT2D eigenvalue weighted by Crippen LogP contribution is -2.63. The number of carbonyl (C=O) groups is 4. The number of hydrogen-bond donors (Lipinski definition) is 6. The summed E-state index contributed by atoms with van der Waals surface area (Å²) in [6.45, 7) is 0. The lowest BCUT2D eigenvalue weighted by atomic mass is 9.58. The number of benzene rings is 1. The van der Waals surface area contributed by atoms with Gasteiger partial charge in [0.05, 0.1) is 17.3 Å². The van der Waals surface area contributed by atoms with Crippen molar-refractivity contribution in [2.75, 3.05) is 33.5 Å². The Morgan fingerprint density at radius 3 is 2.35 bits per heavy atom. The van der Waals surface area contributed by atoms with Crippen LogP contribution < -0.4 is 11.1 Å². The van der Waals surface area contributed by atoms with Gasteiger partial charge in [-0.2, -0.15) is 0 Å². The number of aromatic hydroxyl groups is 1. The van der Waals surface area contributed by atoms with Crippen LogP contribution in [0.1, 0.15) is 22.3 Å². The molecule has 4 atom stereocenters. The molecule has 1 aromatic rings. The maximum absolute atomic E-state index is 13.6. The zero-order chi connectivity index (χ0) is 27.6. The molecular formula is C24H28N4O9. The Balaban J connectivity index is 1.84. The molecule has 0 aromatic heterocycles. The quantitative estimate of drug-likeness (QED) is 0.180. The summed E-state index contributed by atoms with van der Waals surface area (Å²) in [5.74, 6) is -7.41. The molecule has 13 nitrogen and oxygen atoms in total. The van der Waals surface area contributed by atoms with Gasteiger partial charge in [-0.3, -0.25) is 24.6 Å². The zero-order valence-corrected chi connectivity index (χ0v) is 20.6. The molecule has 0 fully saturated rings. The number of anilines is 1. The molecule has 1 aromatic carbocycles. The van der Waals surface area contributed by atoms with Crippen molar-refractivity contribution < 1.29 is 44.4 Å². The van der Waals surface area contributed by atoms with Crippen LogP contribution >= 0.6 is 0 Å². The van der Waals surface area contributed by atoms with Crippen LogP contribution in [0.5, 0.6) is 5.75 Å². The van der Waals surface area contributed by atoms with Crippen LogP contribution in [0.25, 0.3) is 0 Å². The Kier molecular flexibility index (Phi) is 6.26. The number of hydroxylamine groups is 2. The van der Waals surface area contributed by atoms with Gasteiger partial charge in [-0.25, -0.2) is 4.79 Å². The van der Waals surface area contributed by atoms with E-state index in [1.54, 1.807) is 14.1 Å². The number of likely N-dealkylation sites (N-methyl/N-ethyl adjacent to an activating group) is 1. The van der Waals surface area contributed by atoms with Crippen molar-refractivity contribution in [3.8, 4) is 5.75 Å². The first kappa shape index (κ1) is 26.1. The van der Waals surface area contributed by atoms with Gasteiger partial charge in [0.1, 0.15) is 17.1 Å². The maximum atomic E-state index is 13.6. The lowest BCUT2D eigenvalue weighted by Gasteiger charge is -2.50. The number of rotatable bonds is 4. The second-order valence-corrected chi connectivity index (χ2v) is 9.78. The van der Waals surface area contributed by atoms with Crippen molar-refractivity contribution >= 4 is 29.3 Å². The summed E-state index contributed by atoms with van der Waals surface area (Å²) in [7, 11) is 6.05. The van der Waals surface area contributed by atoms with Gasteiger partial charge in [0.25, 0.3) is 5.91 Å². The molecule has 0 bridgehead atoms. The topological polar surface area (TPSA) is 203 Å². The van der Waals surface area contributed by atoms with Crippen molar-refractivity contribution in [2.45, 2.75) is 24.5 Å². The van der Waals surface area contributed by atoms with E-state index in [4.69, 9.17) is 10.6 Å². The Morgan fingerprint density at radius 2 is 1.78 bits per heavy atom. The molecular weight excluding hydrogens is 488 g/mol. The predicted molar refractivity (Wildman–Crippen MR) is 127 cm³/mol. The first-order valence-corrected chi connectivity index (χ1v) is 11.4. The van der Waals surface area contributed by atoms with E-state index >= 15 is 0 Å². The SMILES string of the molecule is CN(C)OC(=O)Nc1ccc2c(c1O)C(=O)C1=C(O)C3(O)C(=O)C(C(N)=O)=C(O)C(N(C)C)C3CC1C2. The van der Waals surface area contributed by atoms with Crippen LogP contribution in [0.3, 0.4) is 0 Å². The van der Waals surface area contributed by atoms with Crippen molar-refractivity contribution in [1.29, 1.82) is 0 Å². The number of aliphatic hydroxyl groups excluding tert-OH is 2. The molecule has 4 rings (SSSR count). The number of nitrogens with two attached hydrogens (primary N) is 1. The summed E-state index contributed by atoms with van der Waals surface area (Å²) in [5.41, 5.74) is 1.50. The first-order chi connectivity index (χ1) is 17.2. The van der Waals surface area contributed by atoms with Crippen LogP contribution in [-0.2, 0) is 20.8 Å². The number of phenols is 1. The Bertz CT molecular complexity index is 1300. The number of Topliss-reactive ketones (excluding diaryl/α,β-unsaturated/α-hetero) is 2. The Hall–Kier alpha value is -3.94. The van der Waals surface area contributed by atoms with Gasteiger partial charge in [0, 0.05) is 25.6 Å².